The number of esters is 1. The van der Waals surface area contributed by atoms with Gasteiger partial charge in [0.25, 0.3) is 0 Å². The van der Waals surface area contributed by atoms with Crippen molar-refractivity contribution in [1.82, 2.24) is 30.2 Å². The van der Waals surface area contributed by atoms with Gasteiger partial charge in [-0.05, 0) is 13.0 Å². The van der Waals surface area contributed by atoms with Crippen LogP contribution < -0.4 is 10.6 Å². The zero-order valence-corrected chi connectivity index (χ0v) is 19.0. The fourth-order valence-corrected chi connectivity index (χ4v) is 2.54. The first-order chi connectivity index (χ1) is 12.4. The Bertz CT molecular complexity index is 791. The molecule has 0 fully saturated rings. The highest BCUT2D eigenvalue weighted by Gasteiger charge is 2.10. The Morgan fingerprint density at radius 2 is 2.11 bits per heavy atom. The lowest BCUT2D eigenvalue weighted by Crippen LogP contribution is -2.37. The molecule has 0 amide bonds. The van der Waals surface area contributed by atoms with E-state index in [1.807, 2.05) is 14.0 Å². The molecule has 0 aliphatic carbocycles. The average molecular weight is 530 g/mol. The fraction of sp³-hybridized carbons (Fsp3) is 0.467. The molecule has 27 heavy (non-hydrogen) atoms. The van der Waals surface area contributed by atoms with E-state index >= 15 is 0 Å². The van der Waals surface area contributed by atoms with Crippen molar-refractivity contribution in [2.45, 2.75) is 26.6 Å². The summed E-state index contributed by atoms with van der Waals surface area (Å²) in [7, 11) is 3.17. The van der Waals surface area contributed by atoms with Crippen molar-refractivity contribution < 1.29 is 9.53 Å². The van der Waals surface area contributed by atoms with Crippen molar-refractivity contribution >= 4 is 59.1 Å². The monoisotopic (exact) mass is 529 g/mol. The first-order valence-corrected chi connectivity index (χ1v) is 8.67. The Hall–Kier alpha value is -1.53. The number of hydrogen-bond acceptors (Lipinski definition) is 5. The third kappa shape index (κ3) is 6.85. The minimum absolute atomic E-state index is 0. The SMILES string of the molecule is CCNC(=NCc1cn(CC(=O)OC)nn1)NCc1cc(Cl)c(Cl)n1C.I. The van der Waals surface area contributed by atoms with Crippen LogP contribution in [0.25, 0.3) is 0 Å². The number of hydrogen-bond donors (Lipinski definition) is 2. The van der Waals surface area contributed by atoms with E-state index in [2.05, 4.69) is 30.7 Å². The normalized spacial score (nSPS) is 11.1. The standard InChI is InChI=1S/C15H21Cl2N7O2.HI/c1-4-18-15(20-7-11-5-12(16)14(17)23(11)2)19-6-10-8-24(22-21-10)9-13(25)26-3;/h5,8H,4,6-7,9H2,1-3H3,(H2,18,19,20);1H. The summed E-state index contributed by atoms with van der Waals surface area (Å²) in [6.07, 6.45) is 1.65. The average Bonchev–Trinajstić information content (AvgIpc) is 3.17. The highest BCUT2D eigenvalue weighted by atomic mass is 127. The number of methoxy groups -OCH3 is 1. The van der Waals surface area contributed by atoms with Gasteiger partial charge in [-0.3, -0.25) is 4.79 Å². The quantitative estimate of drug-likeness (QED) is 0.246. The molecule has 0 saturated heterocycles. The Morgan fingerprint density at radius 1 is 1.37 bits per heavy atom. The second-order valence-corrected chi connectivity index (χ2v) is 6.13. The number of carbonyl (C=O) groups is 1. The number of ether oxygens (including phenoxy) is 1. The summed E-state index contributed by atoms with van der Waals surface area (Å²) >= 11 is 12.1. The molecule has 150 valence electrons. The van der Waals surface area contributed by atoms with Crippen molar-refractivity contribution in [2.24, 2.45) is 12.0 Å². The summed E-state index contributed by atoms with van der Waals surface area (Å²) < 4.78 is 7.80. The number of guanidine groups is 1. The first kappa shape index (κ1) is 23.5. The van der Waals surface area contributed by atoms with E-state index in [0.717, 1.165) is 5.69 Å². The number of aliphatic imine (C=N–C) groups is 1. The van der Waals surface area contributed by atoms with Gasteiger partial charge in [-0.1, -0.05) is 28.4 Å². The van der Waals surface area contributed by atoms with Gasteiger partial charge in [0.15, 0.2) is 5.96 Å². The van der Waals surface area contributed by atoms with Crippen LogP contribution in [0.2, 0.25) is 10.2 Å². The van der Waals surface area contributed by atoms with Crippen LogP contribution in [0.5, 0.6) is 0 Å². The molecule has 9 nitrogen and oxygen atoms in total. The van der Waals surface area contributed by atoms with Crippen LogP contribution in [0.3, 0.4) is 0 Å². The van der Waals surface area contributed by atoms with Gasteiger partial charge in [0.05, 0.1) is 31.4 Å². The summed E-state index contributed by atoms with van der Waals surface area (Å²) in [6, 6.07) is 1.80. The second kappa shape index (κ2) is 11.3. The minimum Gasteiger partial charge on any atom is -0.468 e. The molecule has 2 N–H and O–H groups in total. The minimum atomic E-state index is -0.389. The molecule has 2 rings (SSSR count). The van der Waals surface area contributed by atoms with Crippen LogP contribution in [0, 0.1) is 0 Å². The van der Waals surface area contributed by atoms with Crippen LogP contribution in [0.15, 0.2) is 17.3 Å². The lowest BCUT2D eigenvalue weighted by atomic mass is 10.4. The number of halogens is 3. The number of nitrogens with zero attached hydrogens (tertiary/aromatic N) is 5. The van der Waals surface area contributed by atoms with E-state index in [4.69, 9.17) is 23.2 Å². The van der Waals surface area contributed by atoms with E-state index < -0.39 is 0 Å². The molecule has 0 unspecified atom stereocenters. The van der Waals surface area contributed by atoms with Crippen LogP contribution in [-0.4, -0.2) is 45.1 Å². The predicted molar refractivity (Wildman–Crippen MR) is 115 cm³/mol. The van der Waals surface area contributed by atoms with Gasteiger partial charge >= 0.3 is 5.97 Å². The molecule has 0 spiro atoms. The van der Waals surface area contributed by atoms with Gasteiger partial charge in [-0.2, -0.15) is 0 Å². The van der Waals surface area contributed by atoms with Gasteiger partial charge in [0, 0.05) is 19.3 Å². The van der Waals surface area contributed by atoms with E-state index in [1.54, 1.807) is 16.8 Å². The highest BCUT2D eigenvalue weighted by Crippen LogP contribution is 2.24. The zero-order chi connectivity index (χ0) is 19.1. The molecular weight excluding hydrogens is 508 g/mol. The first-order valence-electron chi connectivity index (χ1n) is 7.92. The van der Waals surface area contributed by atoms with Crippen molar-refractivity contribution in [3.8, 4) is 0 Å². The van der Waals surface area contributed by atoms with E-state index in [0.29, 0.717) is 41.5 Å². The number of nitrogens with one attached hydrogen (secondary N) is 2. The lowest BCUT2D eigenvalue weighted by Gasteiger charge is -2.11. The smallest absolute Gasteiger partial charge is 0.327 e. The Morgan fingerprint density at radius 3 is 2.70 bits per heavy atom. The van der Waals surface area contributed by atoms with Gasteiger partial charge in [0.1, 0.15) is 17.4 Å². The summed E-state index contributed by atoms with van der Waals surface area (Å²) in [4.78, 5) is 15.7. The topological polar surface area (TPSA) is 98.4 Å². The van der Waals surface area contributed by atoms with Gasteiger partial charge in [-0.25, -0.2) is 9.67 Å². The van der Waals surface area contributed by atoms with Crippen molar-refractivity contribution in [3.63, 3.8) is 0 Å². The van der Waals surface area contributed by atoms with Crippen LogP contribution in [0.4, 0.5) is 0 Å². The van der Waals surface area contributed by atoms with Gasteiger partial charge < -0.3 is 19.9 Å². The van der Waals surface area contributed by atoms with Crippen molar-refractivity contribution in [3.05, 3.63) is 33.8 Å². The largest absolute Gasteiger partial charge is 0.468 e. The van der Waals surface area contributed by atoms with E-state index in [9.17, 15) is 4.79 Å². The fourth-order valence-electron chi connectivity index (χ4n) is 2.12. The molecule has 2 aromatic heterocycles. The maximum absolute atomic E-state index is 11.2. The molecule has 0 saturated carbocycles. The highest BCUT2D eigenvalue weighted by molar-refractivity contribution is 14.0. The summed E-state index contributed by atoms with van der Waals surface area (Å²) in [5.41, 5.74) is 1.56. The molecule has 0 aliphatic heterocycles. The number of rotatable bonds is 7. The molecule has 12 heteroatoms. The molecule has 0 aromatic carbocycles. The Balaban J connectivity index is 0.00000364. The van der Waals surface area contributed by atoms with E-state index in [-0.39, 0.29) is 36.5 Å². The third-order valence-corrected chi connectivity index (χ3v) is 4.34. The molecule has 0 radical (unpaired) electrons. The Kier molecular flexibility index (Phi) is 9.88. The molecule has 0 bridgehead atoms. The van der Waals surface area contributed by atoms with Gasteiger partial charge in [0.2, 0.25) is 0 Å². The molecule has 0 atom stereocenters. The summed E-state index contributed by atoms with van der Waals surface area (Å²) in [6.45, 7) is 3.51. The third-order valence-electron chi connectivity index (χ3n) is 3.50. The molecule has 2 heterocycles. The zero-order valence-electron chi connectivity index (χ0n) is 15.2. The number of carbonyl (C=O) groups excluding carboxylic acids is 1. The Labute approximate surface area is 184 Å². The summed E-state index contributed by atoms with van der Waals surface area (Å²) in [5, 5.41) is 15.2. The maximum atomic E-state index is 11.2. The molecule has 2 aromatic rings. The van der Waals surface area contributed by atoms with Crippen molar-refractivity contribution in [2.75, 3.05) is 13.7 Å². The predicted octanol–water partition coefficient (Wildman–Crippen LogP) is 1.97. The second-order valence-electron chi connectivity index (χ2n) is 5.37. The summed E-state index contributed by atoms with van der Waals surface area (Å²) in [5.74, 6) is 0.225. The van der Waals surface area contributed by atoms with Crippen LogP contribution >= 0.6 is 47.2 Å². The lowest BCUT2D eigenvalue weighted by molar-refractivity contribution is -0.141. The van der Waals surface area contributed by atoms with Crippen LogP contribution in [0.1, 0.15) is 18.3 Å². The van der Waals surface area contributed by atoms with E-state index in [1.165, 1.54) is 11.8 Å². The van der Waals surface area contributed by atoms with Crippen LogP contribution in [-0.2, 0) is 36.2 Å². The van der Waals surface area contributed by atoms with Gasteiger partial charge in [-0.15, -0.1) is 29.1 Å². The number of aromatic nitrogens is 4. The molecular formula is C15H22Cl2IN7O2. The molecule has 0 aliphatic rings. The maximum Gasteiger partial charge on any atom is 0.327 e. The van der Waals surface area contributed by atoms with Crippen molar-refractivity contribution in [1.29, 1.82) is 0 Å².